The summed E-state index contributed by atoms with van der Waals surface area (Å²) in [5.74, 6) is 0.317. The molecule has 0 saturated carbocycles. The number of nitrogens with zero attached hydrogens (tertiary/aromatic N) is 1. The second-order valence-corrected chi connectivity index (χ2v) is 11.3. The smallest absolute Gasteiger partial charge is 0.226 e. The van der Waals surface area contributed by atoms with Gasteiger partial charge in [0.1, 0.15) is 0 Å². The normalized spacial score (nSPS) is 16.4. The molecule has 2 aromatic rings. The fourth-order valence-electron chi connectivity index (χ4n) is 4.32. The number of piperidine rings is 1. The standard InChI is InChI=1S/C26H36N2O2S/c1-19(2)27-24(30)26(11-13-28(14-12-26)23(29)18-25(3,4)5)17-20-8-6-9-21(16-20)22-10-7-15-31-22/h6-10,15-16,19H,11-14,17-18H2,1-5H3,(H,27,30). The highest BCUT2D eigenvalue weighted by atomic mass is 32.1. The maximum atomic E-state index is 13.3. The summed E-state index contributed by atoms with van der Waals surface area (Å²) < 4.78 is 0. The van der Waals surface area contributed by atoms with Crippen LogP contribution in [0.1, 0.15) is 59.4 Å². The van der Waals surface area contributed by atoms with E-state index in [0.717, 1.165) is 0 Å². The van der Waals surface area contributed by atoms with Gasteiger partial charge in [-0.3, -0.25) is 9.59 Å². The van der Waals surface area contributed by atoms with Gasteiger partial charge in [-0.05, 0) is 61.1 Å². The summed E-state index contributed by atoms with van der Waals surface area (Å²) in [7, 11) is 0. The first kappa shape index (κ1) is 23.5. The Hall–Kier alpha value is -2.14. The molecule has 1 aliphatic rings. The van der Waals surface area contributed by atoms with Crippen molar-refractivity contribution in [2.24, 2.45) is 10.8 Å². The highest BCUT2D eigenvalue weighted by Gasteiger charge is 2.42. The first-order valence-electron chi connectivity index (χ1n) is 11.3. The minimum absolute atomic E-state index is 0.0249. The van der Waals surface area contributed by atoms with Gasteiger partial charge in [-0.2, -0.15) is 0 Å². The molecule has 0 aliphatic carbocycles. The number of nitrogens with one attached hydrogen (secondary N) is 1. The molecule has 0 radical (unpaired) electrons. The van der Waals surface area contributed by atoms with E-state index in [9.17, 15) is 9.59 Å². The zero-order chi connectivity index (χ0) is 22.6. The van der Waals surface area contributed by atoms with Crippen molar-refractivity contribution in [2.45, 2.75) is 66.3 Å². The fraction of sp³-hybridized carbons (Fsp3) is 0.538. The van der Waals surface area contributed by atoms with Gasteiger partial charge >= 0.3 is 0 Å². The van der Waals surface area contributed by atoms with Gasteiger partial charge in [0.2, 0.25) is 11.8 Å². The van der Waals surface area contributed by atoms with Crippen LogP contribution < -0.4 is 5.32 Å². The maximum absolute atomic E-state index is 13.3. The van der Waals surface area contributed by atoms with Crippen molar-refractivity contribution >= 4 is 23.2 Å². The second kappa shape index (κ2) is 9.56. The Morgan fingerprint density at radius 1 is 1.13 bits per heavy atom. The Bertz CT molecular complexity index is 888. The molecular formula is C26H36N2O2S. The number of hydrogen-bond donors (Lipinski definition) is 1. The Labute approximate surface area is 191 Å². The van der Waals surface area contributed by atoms with Crippen molar-refractivity contribution < 1.29 is 9.59 Å². The van der Waals surface area contributed by atoms with Gasteiger partial charge in [-0.1, -0.05) is 51.1 Å². The van der Waals surface area contributed by atoms with Crippen LogP contribution in [0.15, 0.2) is 41.8 Å². The van der Waals surface area contributed by atoms with Gasteiger partial charge in [-0.15, -0.1) is 11.3 Å². The minimum Gasteiger partial charge on any atom is -0.353 e. The molecule has 0 spiro atoms. The molecule has 0 bridgehead atoms. The summed E-state index contributed by atoms with van der Waals surface area (Å²) in [6.45, 7) is 11.6. The number of thiophene rings is 1. The van der Waals surface area contributed by atoms with Crippen LogP contribution in [-0.4, -0.2) is 35.8 Å². The Kier molecular flexibility index (Phi) is 7.25. The molecule has 168 valence electrons. The number of hydrogen-bond acceptors (Lipinski definition) is 3. The third kappa shape index (κ3) is 6.19. The van der Waals surface area contributed by atoms with Gasteiger partial charge in [0.05, 0.1) is 5.41 Å². The number of benzene rings is 1. The van der Waals surface area contributed by atoms with Crippen molar-refractivity contribution in [3.05, 3.63) is 47.3 Å². The average Bonchev–Trinajstić information content (AvgIpc) is 3.22. The molecule has 0 atom stereocenters. The van der Waals surface area contributed by atoms with Crippen LogP contribution in [0.4, 0.5) is 0 Å². The highest BCUT2D eigenvalue weighted by Crippen LogP contribution is 2.37. The van der Waals surface area contributed by atoms with Gasteiger partial charge in [0, 0.05) is 30.4 Å². The van der Waals surface area contributed by atoms with E-state index in [1.807, 2.05) is 18.7 Å². The van der Waals surface area contributed by atoms with E-state index in [1.165, 1.54) is 16.0 Å². The van der Waals surface area contributed by atoms with Crippen LogP contribution in [0.25, 0.3) is 10.4 Å². The van der Waals surface area contributed by atoms with Crippen molar-refractivity contribution in [1.82, 2.24) is 10.2 Å². The van der Waals surface area contributed by atoms with Crippen molar-refractivity contribution in [1.29, 1.82) is 0 Å². The van der Waals surface area contributed by atoms with Crippen LogP contribution in [0.2, 0.25) is 0 Å². The number of likely N-dealkylation sites (tertiary alicyclic amines) is 1. The summed E-state index contributed by atoms with van der Waals surface area (Å²) in [5, 5.41) is 5.24. The molecule has 1 fully saturated rings. The van der Waals surface area contributed by atoms with E-state index in [-0.39, 0.29) is 23.3 Å². The van der Waals surface area contributed by atoms with E-state index in [0.29, 0.717) is 38.8 Å². The first-order valence-corrected chi connectivity index (χ1v) is 12.2. The molecule has 31 heavy (non-hydrogen) atoms. The minimum atomic E-state index is -0.475. The molecule has 1 saturated heterocycles. The molecular weight excluding hydrogens is 404 g/mol. The number of amides is 2. The van der Waals surface area contributed by atoms with Crippen LogP contribution in [0.5, 0.6) is 0 Å². The number of carbonyl (C=O) groups excluding carboxylic acids is 2. The summed E-state index contributed by atoms with van der Waals surface area (Å²) in [6, 6.07) is 12.8. The quantitative estimate of drug-likeness (QED) is 0.642. The molecule has 1 N–H and O–H groups in total. The van der Waals surface area contributed by atoms with E-state index in [4.69, 9.17) is 0 Å². The lowest BCUT2D eigenvalue weighted by molar-refractivity contribution is -0.142. The van der Waals surface area contributed by atoms with Crippen LogP contribution in [-0.2, 0) is 16.0 Å². The van der Waals surface area contributed by atoms with Gasteiger partial charge in [-0.25, -0.2) is 0 Å². The lowest BCUT2D eigenvalue weighted by Crippen LogP contribution is -2.52. The molecule has 1 aromatic carbocycles. The molecule has 2 heterocycles. The summed E-state index contributed by atoms with van der Waals surface area (Å²) in [4.78, 5) is 29.3. The maximum Gasteiger partial charge on any atom is 0.226 e. The summed E-state index contributed by atoms with van der Waals surface area (Å²) >= 11 is 1.73. The van der Waals surface area contributed by atoms with Gasteiger partial charge < -0.3 is 10.2 Å². The van der Waals surface area contributed by atoms with E-state index >= 15 is 0 Å². The van der Waals surface area contributed by atoms with Crippen LogP contribution >= 0.6 is 11.3 Å². The molecule has 2 amide bonds. The predicted octanol–water partition coefficient (Wildman–Crippen LogP) is 5.53. The largest absolute Gasteiger partial charge is 0.353 e. The number of rotatable bonds is 6. The van der Waals surface area contributed by atoms with Gasteiger partial charge in [0.25, 0.3) is 0 Å². The molecule has 4 nitrogen and oxygen atoms in total. The predicted molar refractivity (Wildman–Crippen MR) is 129 cm³/mol. The first-order chi connectivity index (χ1) is 14.6. The highest BCUT2D eigenvalue weighted by molar-refractivity contribution is 7.13. The van der Waals surface area contributed by atoms with E-state index in [2.05, 4.69) is 67.9 Å². The zero-order valence-electron chi connectivity index (χ0n) is 19.5. The van der Waals surface area contributed by atoms with Crippen LogP contribution in [0, 0.1) is 10.8 Å². The lowest BCUT2D eigenvalue weighted by atomic mass is 9.72. The monoisotopic (exact) mass is 440 g/mol. The Morgan fingerprint density at radius 2 is 1.84 bits per heavy atom. The fourth-order valence-corrected chi connectivity index (χ4v) is 5.04. The van der Waals surface area contributed by atoms with E-state index < -0.39 is 5.41 Å². The van der Waals surface area contributed by atoms with Crippen molar-refractivity contribution in [2.75, 3.05) is 13.1 Å². The Morgan fingerprint density at radius 3 is 2.42 bits per heavy atom. The topological polar surface area (TPSA) is 49.4 Å². The summed E-state index contributed by atoms with van der Waals surface area (Å²) in [5.41, 5.74) is 1.88. The molecule has 3 rings (SSSR count). The molecule has 0 unspecified atom stereocenters. The Balaban J connectivity index is 1.79. The third-order valence-corrected chi connectivity index (χ3v) is 6.85. The molecule has 1 aromatic heterocycles. The van der Waals surface area contributed by atoms with E-state index in [1.54, 1.807) is 11.3 Å². The molecule has 5 heteroatoms. The zero-order valence-corrected chi connectivity index (χ0v) is 20.3. The SMILES string of the molecule is CC(C)NC(=O)C1(Cc2cccc(-c3cccs3)c2)CCN(C(=O)CC(C)(C)C)CC1. The lowest BCUT2D eigenvalue weighted by Gasteiger charge is -2.42. The van der Waals surface area contributed by atoms with Crippen molar-refractivity contribution in [3.8, 4) is 10.4 Å². The van der Waals surface area contributed by atoms with Crippen molar-refractivity contribution in [3.63, 3.8) is 0 Å². The summed E-state index contributed by atoms with van der Waals surface area (Å²) in [6.07, 6.45) is 2.64. The third-order valence-electron chi connectivity index (χ3n) is 5.93. The number of carbonyl (C=O) groups is 2. The van der Waals surface area contributed by atoms with Crippen LogP contribution in [0.3, 0.4) is 0 Å². The average molecular weight is 441 g/mol. The van der Waals surface area contributed by atoms with Gasteiger partial charge in [0.15, 0.2) is 0 Å². The second-order valence-electron chi connectivity index (χ2n) is 10.4. The molecule has 1 aliphatic heterocycles.